The van der Waals surface area contributed by atoms with E-state index in [0.29, 0.717) is 42.5 Å². The molecule has 1 fully saturated rings. The average molecular weight is 469 g/mol. The molecule has 9 heteroatoms. The number of amides is 2. The number of anilines is 1. The van der Waals surface area contributed by atoms with Crippen LogP contribution in [0.5, 0.6) is 5.75 Å². The quantitative estimate of drug-likeness (QED) is 0.571. The number of benzene rings is 2. The van der Waals surface area contributed by atoms with Crippen molar-refractivity contribution in [1.82, 2.24) is 15.0 Å². The molecule has 1 saturated heterocycles. The van der Waals surface area contributed by atoms with Crippen molar-refractivity contribution in [1.29, 1.82) is 0 Å². The Labute approximate surface area is 196 Å². The van der Waals surface area contributed by atoms with Gasteiger partial charge < -0.3 is 14.2 Å². The maximum atomic E-state index is 13.1. The van der Waals surface area contributed by atoms with E-state index in [4.69, 9.17) is 20.9 Å². The molecule has 0 radical (unpaired) electrons. The average Bonchev–Trinajstić information content (AvgIpc) is 3.24. The molecule has 0 aliphatic carbocycles. The molecule has 0 saturated carbocycles. The van der Waals surface area contributed by atoms with Crippen molar-refractivity contribution < 1.29 is 18.8 Å². The number of hydrogen-bond donors (Lipinski definition) is 0. The van der Waals surface area contributed by atoms with E-state index in [1.807, 2.05) is 36.1 Å². The minimum Gasteiger partial charge on any atom is -0.478 e. The molecule has 0 N–H and O–H groups in total. The van der Waals surface area contributed by atoms with Gasteiger partial charge in [-0.25, -0.2) is 0 Å². The topological polar surface area (TPSA) is 79.1 Å². The number of halogens is 1. The first-order valence-corrected chi connectivity index (χ1v) is 11.5. The normalized spacial score (nSPS) is 19.0. The summed E-state index contributed by atoms with van der Waals surface area (Å²) in [5.41, 5.74) is 2.23. The van der Waals surface area contributed by atoms with Crippen LogP contribution in [0.4, 0.5) is 5.69 Å². The second-order valence-corrected chi connectivity index (χ2v) is 8.77. The summed E-state index contributed by atoms with van der Waals surface area (Å²) in [5, 5.41) is 5.72. The Kier molecular flexibility index (Phi) is 5.95. The van der Waals surface area contributed by atoms with Crippen LogP contribution in [0.1, 0.15) is 19.0 Å². The molecule has 0 bridgehead atoms. The van der Waals surface area contributed by atoms with Crippen molar-refractivity contribution in [2.75, 3.05) is 37.6 Å². The first-order valence-electron chi connectivity index (χ1n) is 11.1. The van der Waals surface area contributed by atoms with Gasteiger partial charge in [0.1, 0.15) is 18.0 Å². The van der Waals surface area contributed by atoms with Gasteiger partial charge in [0.25, 0.3) is 5.91 Å². The van der Waals surface area contributed by atoms with Gasteiger partial charge in [-0.15, -0.1) is 0 Å². The lowest BCUT2D eigenvalue weighted by Gasteiger charge is -2.37. The van der Waals surface area contributed by atoms with E-state index in [1.165, 1.54) is 4.90 Å². The van der Waals surface area contributed by atoms with Crippen LogP contribution in [0, 0.1) is 0 Å². The monoisotopic (exact) mass is 468 g/mol. The van der Waals surface area contributed by atoms with Crippen molar-refractivity contribution in [3.05, 3.63) is 53.2 Å². The van der Waals surface area contributed by atoms with Crippen LogP contribution in [-0.2, 0) is 16.1 Å². The predicted octanol–water partition coefficient (Wildman–Crippen LogP) is 3.33. The molecule has 2 aliphatic rings. The maximum Gasteiger partial charge on any atom is 0.268 e. The zero-order valence-electron chi connectivity index (χ0n) is 18.4. The van der Waals surface area contributed by atoms with Crippen LogP contribution in [0.25, 0.3) is 11.0 Å². The van der Waals surface area contributed by atoms with E-state index >= 15 is 0 Å². The van der Waals surface area contributed by atoms with Gasteiger partial charge in [0.2, 0.25) is 5.91 Å². The minimum absolute atomic E-state index is 0.0278. The summed E-state index contributed by atoms with van der Waals surface area (Å²) < 4.78 is 11.2. The van der Waals surface area contributed by atoms with Gasteiger partial charge in [-0.3, -0.25) is 19.4 Å². The van der Waals surface area contributed by atoms with Gasteiger partial charge in [0.15, 0.2) is 11.7 Å². The van der Waals surface area contributed by atoms with E-state index in [2.05, 4.69) is 10.1 Å². The second kappa shape index (κ2) is 9.03. The number of para-hydroxylation sites is 1. The second-order valence-electron chi connectivity index (χ2n) is 8.33. The molecule has 0 spiro atoms. The van der Waals surface area contributed by atoms with Crippen LogP contribution < -0.4 is 9.64 Å². The number of carbonyl (C=O) groups excluding carboxylic acids is 2. The number of aromatic nitrogens is 1. The largest absolute Gasteiger partial charge is 0.478 e. The van der Waals surface area contributed by atoms with Gasteiger partial charge >= 0.3 is 0 Å². The predicted molar refractivity (Wildman–Crippen MR) is 124 cm³/mol. The third kappa shape index (κ3) is 4.28. The molecule has 172 valence electrons. The number of hydrogen-bond acceptors (Lipinski definition) is 6. The fraction of sp³-hybridized carbons (Fsp3) is 0.375. The van der Waals surface area contributed by atoms with Gasteiger partial charge in [0, 0.05) is 43.1 Å². The van der Waals surface area contributed by atoms with Crippen molar-refractivity contribution in [2.45, 2.75) is 26.0 Å². The first-order chi connectivity index (χ1) is 16.0. The highest BCUT2D eigenvalue weighted by Gasteiger charge is 2.35. The molecule has 2 aromatic carbocycles. The highest BCUT2D eigenvalue weighted by Crippen LogP contribution is 2.36. The molecule has 2 amide bonds. The van der Waals surface area contributed by atoms with Gasteiger partial charge in [-0.05, 0) is 36.8 Å². The molecule has 8 nitrogen and oxygen atoms in total. The lowest BCUT2D eigenvalue weighted by atomic mass is 10.1. The molecular formula is C24H25ClN4O4. The highest BCUT2D eigenvalue weighted by molar-refractivity contribution is 6.31. The summed E-state index contributed by atoms with van der Waals surface area (Å²) in [6.45, 7) is 5.17. The van der Waals surface area contributed by atoms with Crippen LogP contribution >= 0.6 is 11.6 Å². The lowest BCUT2D eigenvalue weighted by Crippen LogP contribution is -2.54. The number of ether oxygens (including phenoxy) is 1. The van der Waals surface area contributed by atoms with Gasteiger partial charge in [-0.1, -0.05) is 35.8 Å². The van der Waals surface area contributed by atoms with Crippen molar-refractivity contribution >= 4 is 40.1 Å². The Balaban J connectivity index is 1.23. The van der Waals surface area contributed by atoms with E-state index in [-0.39, 0.29) is 18.4 Å². The summed E-state index contributed by atoms with van der Waals surface area (Å²) in [6, 6.07) is 13.0. The molecule has 1 atom stereocenters. The van der Waals surface area contributed by atoms with E-state index in [0.717, 1.165) is 29.8 Å². The summed E-state index contributed by atoms with van der Waals surface area (Å²) in [7, 11) is 0. The van der Waals surface area contributed by atoms with Gasteiger partial charge in [0.05, 0.1) is 5.69 Å². The molecule has 3 aromatic rings. The lowest BCUT2D eigenvalue weighted by molar-refractivity contribution is -0.134. The number of fused-ring (bicyclic) bond motifs is 2. The first kappa shape index (κ1) is 21.7. The summed E-state index contributed by atoms with van der Waals surface area (Å²) in [4.78, 5) is 31.6. The zero-order valence-corrected chi connectivity index (χ0v) is 19.1. The standard InChI is InChI=1S/C24H25ClN4O4/c1-2-20-24(31)29(19-13-16(25)7-8-22(19)32-20)15-23(30)28-11-9-27(10-12-28)14-18-17-5-3-4-6-21(17)33-26-18/h3-8,13,20H,2,9-12,14-15H2,1H3/t20-/m0/s1. The molecular weight excluding hydrogens is 444 g/mol. The molecule has 2 aliphatic heterocycles. The summed E-state index contributed by atoms with van der Waals surface area (Å²) in [6.07, 6.45) is -0.0679. The summed E-state index contributed by atoms with van der Waals surface area (Å²) in [5.74, 6) is 0.276. The Morgan fingerprint density at radius 1 is 1.15 bits per heavy atom. The molecule has 3 heterocycles. The Bertz CT molecular complexity index is 1190. The van der Waals surface area contributed by atoms with Crippen LogP contribution in [0.3, 0.4) is 0 Å². The number of rotatable bonds is 5. The minimum atomic E-state index is -0.597. The van der Waals surface area contributed by atoms with Crippen molar-refractivity contribution in [2.24, 2.45) is 0 Å². The fourth-order valence-electron chi connectivity index (χ4n) is 4.37. The zero-order chi connectivity index (χ0) is 22.9. The third-order valence-corrected chi connectivity index (χ3v) is 6.47. The number of piperazine rings is 1. The molecule has 5 rings (SSSR count). The number of carbonyl (C=O) groups is 2. The number of nitrogens with zero attached hydrogens (tertiary/aromatic N) is 4. The Hall–Kier alpha value is -3.10. The maximum absolute atomic E-state index is 13.1. The molecule has 33 heavy (non-hydrogen) atoms. The van der Waals surface area contributed by atoms with E-state index in [1.54, 1.807) is 18.2 Å². The van der Waals surface area contributed by atoms with Gasteiger partial charge in [-0.2, -0.15) is 0 Å². The summed E-state index contributed by atoms with van der Waals surface area (Å²) >= 11 is 6.15. The molecule has 1 aromatic heterocycles. The molecule has 0 unspecified atom stereocenters. The Morgan fingerprint density at radius 2 is 1.94 bits per heavy atom. The third-order valence-electron chi connectivity index (χ3n) is 6.24. The SMILES string of the molecule is CC[C@@H]1Oc2ccc(Cl)cc2N(CC(=O)N2CCN(Cc3noc4ccccc34)CC2)C1=O. The fourth-order valence-corrected chi connectivity index (χ4v) is 4.54. The smallest absolute Gasteiger partial charge is 0.268 e. The van der Waals surface area contributed by atoms with Crippen molar-refractivity contribution in [3.8, 4) is 5.75 Å². The van der Waals surface area contributed by atoms with Crippen molar-refractivity contribution in [3.63, 3.8) is 0 Å². The Morgan fingerprint density at radius 3 is 2.73 bits per heavy atom. The highest BCUT2D eigenvalue weighted by atomic mass is 35.5. The van der Waals surface area contributed by atoms with E-state index in [9.17, 15) is 9.59 Å². The van der Waals surface area contributed by atoms with Crippen LogP contribution in [0.15, 0.2) is 47.0 Å². The van der Waals surface area contributed by atoms with E-state index < -0.39 is 6.10 Å². The van der Waals surface area contributed by atoms with Crippen LogP contribution in [-0.4, -0.2) is 65.6 Å². The van der Waals surface area contributed by atoms with Crippen LogP contribution in [0.2, 0.25) is 5.02 Å².